The third kappa shape index (κ3) is 7.16. The molecule has 136 valence electrons. The minimum absolute atomic E-state index is 0. The molecule has 2 rings (SSSR count). The lowest BCUT2D eigenvalue weighted by atomic mass is 10.2. The van der Waals surface area contributed by atoms with Gasteiger partial charge in [0.1, 0.15) is 11.5 Å². The van der Waals surface area contributed by atoms with Crippen LogP contribution in [0.4, 0.5) is 5.69 Å². The maximum atomic E-state index is 5.99. The third-order valence-corrected chi connectivity index (χ3v) is 3.23. The quantitative estimate of drug-likeness (QED) is 0.361. The molecule has 0 radical (unpaired) electrons. The van der Waals surface area contributed by atoms with Gasteiger partial charge in [0.2, 0.25) is 0 Å². The number of hydrogen-bond acceptors (Lipinski definition) is 4. The van der Waals surface area contributed by atoms with E-state index < -0.39 is 0 Å². The molecule has 2 aromatic rings. The minimum Gasteiger partial charge on any atom is -0.494 e. The van der Waals surface area contributed by atoms with Crippen LogP contribution in [0, 0.1) is 0 Å². The Morgan fingerprint density at radius 1 is 1.20 bits per heavy atom. The van der Waals surface area contributed by atoms with E-state index in [1.54, 1.807) is 6.20 Å². The molecule has 0 aliphatic carbocycles. The van der Waals surface area contributed by atoms with E-state index in [1.165, 1.54) is 0 Å². The zero-order valence-electron chi connectivity index (χ0n) is 14.6. The number of halogens is 1. The van der Waals surface area contributed by atoms with Crippen molar-refractivity contribution in [3.05, 3.63) is 48.3 Å². The lowest BCUT2D eigenvalue weighted by molar-refractivity contribution is 0.332. The van der Waals surface area contributed by atoms with Crippen molar-refractivity contribution in [2.45, 2.75) is 20.3 Å². The minimum atomic E-state index is 0. The van der Waals surface area contributed by atoms with E-state index in [2.05, 4.69) is 15.3 Å². The summed E-state index contributed by atoms with van der Waals surface area (Å²) in [5.74, 6) is 1.81. The Morgan fingerprint density at radius 3 is 2.68 bits per heavy atom. The molecule has 0 atom stereocenters. The first kappa shape index (κ1) is 21.0. The standard InChI is InChI=1S/C18H24N4O2.HI/c1-3-23-15-7-8-17(24-4-2)16(12-15)22-18(19)21-11-9-14-6-5-10-20-13-14;/h5-8,10,12-13H,3-4,9,11H2,1-2H3,(H3,19,21,22);1H. The van der Waals surface area contributed by atoms with Crippen molar-refractivity contribution in [2.75, 3.05) is 25.1 Å². The van der Waals surface area contributed by atoms with Gasteiger partial charge in [0, 0.05) is 25.0 Å². The molecule has 0 saturated carbocycles. The smallest absolute Gasteiger partial charge is 0.193 e. The zero-order valence-corrected chi connectivity index (χ0v) is 16.9. The molecule has 0 saturated heterocycles. The number of guanidine groups is 1. The molecule has 1 aromatic heterocycles. The molecule has 25 heavy (non-hydrogen) atoms. The molecule has 6 nitrogen and oxygen atoms in total. The predicted octanol–water partition coefficient (Wildman–Crippen LogP) is 3.47. The van der Waals surface area contributed by atoms with Crippen molar-refractivity contribution in [1.29, 1.82) is 0 Å². The number of ether oxygens (including phenoxy) is 2. The monoisotopic (exact) mass is 456 g/mol. The van der Waals surface area contributed by atoms with Crippen LogP contribution >= 0.6 is 24.0 Å². The van der Waals surface area contributed by atoms with E-state index >= 15 is 0 Å². The molecule has 1 aromatic carbocycles. The van der Waals surface area contributed by atoms with E-state index in [0.717, 1.165) is 23.4 Å². The predicted molar refractivity (Wildman–Crippen MR) is 112 cm³/mol. The van der Waals surface area contributed by atoms with Gasteiger partial charge in [0.15, 0.2) is 5.96 Å². The van der Waals surface area contributed by atoms with Crippen LogP contribution in [0.2, 0.25) is 0 Å². The summed E-state index contributed by atoms with van der Waals surface area (Å²) in [5.41, 5.74) is 7.85. The van der Waals surface area contributed by atoms with Crippen molar-refractivity contribution in [3.8, 4) is 11.5 Å². The van der Waals surface area contributed by atoms with Gasteiger partial charge in [-0.05, 0) is 44.0 Å². The van der Waals surface area contributed by atoms with Crippen molar-refractivity contribution in [2.24, 2.45) is 10.7 Å². The molecule has 0 fully saturated rings. The number of nitrogens with zero attached hydrogens (tertiary/aromatic N) is 2. The van der Waals surface area contributed by atoms with Crippen LogP contribution < -0.4 is 20.5 Å². The van der Waals surface area contributed by atoms with Gasteiger partial charge in [0.25, 0.3) is 0 Å². The highest BCUT2D eigenvalue weighted by Crippen LogP contribution is 2.29. The Balaban J connectivity index is 0.00000312. The lowest BCUT2D eigenvalue weighted by Crippen LogP contribution is -2.23. The first-order valence-electron chi connectivity index (χ1n) is 8.08. The number of pyridine rings is 1. The average molecular weight is 456 g/mol. The number of hydrogen-bond donors (Lipinski definition) is 2. The Morgan fingerprint density at radius 2 is 2.00 bits per heavy atom. The molecular formula is C18H25IN4O2. The maximum absolute atomic E-state index is 5.99. The number of rotatable bonds is 8. The second-order valence-corrected chi connectivity index (χ2v) is 5.03. The van der Waals surface area contributed by atoms with Crippen molar-refractivity contribution < 1.29 is 9.47 Å². The van der Waals surface area contributed by atoms with Crippen LogP contribution in [0.5, 0.6) is 11.5 Å². The highest BCUT2D eigenvalue weighted by molar-refractivity contribution is 14.0. The maximum Gasteiger partial charge on any atom is 0.193 e. The van der Waals surface area contributed by atoms with Crippen LogP contribution in [0.3, 0.4) is 0 Å². The number of benzene rings is 1. The van der Waals surface area contributed by atoms with Gasteiger partial charge in [-0.2, -0.15) is 0 Å². The number of anilines is 1. The van der Waals surface area contributed by atoms with Gasteiger partial charge >= 0.3 is 0 Å². The summed E-state index contributed by atoms with van der Waals surface area (Å²) in [6, 6.07) is 9.52. The van der Waals surface area contributed by atoms with Gasteiger partial charge in [0.05, 0.1) is 18.9 Å². The van der Waals surface area contributed by atoms with E-state index in [-0.39, 0.29) is 24.0 Å². The fraction of sp³-hybridized carbons (Fsp3) is 0.333. The van der Waals surface area contributed by atoms with Gasteiger partial charge in [-0.3, -0.25) is 9.98 Å². The first-order chi connectivity index (χ1) is 11.7. The van der Waals surface area contributed by atoms with Gasteiger partial charge < -0.3 is 20.5 Å². The molecule has 0 spiro atoms. The molecule has 0 aliphatic rings. The van der Waals surface area contributed by atoms with E-state index in [0.29, 0.717) is 31.5 Å². The Hall–Kier alpha value is -2.03. The normalized spacial score (nSPS) is 10.7. The molecule has 0 unspecified atom stereocenters. The Labute approximate surface area is 165 Å². The summed E-state index contributed by atoms with van der Waals surface area (Å²) in [6.45, 7) is 5.63. The second kappa shape index (κ2) is 11.5. The highest BCUT2D eigenvalue weighted by Gasteiger charge is 2.07. The topological polar surface area (TPSA) is 81.8 Å². The van der Waals surface area contributed by atoms with Crippen LogP contribution in [-0.4, -0.2) is 30.7 Å². The zero-order chi connectivity index (χ0) is 17.2. The molecule has 1 heterocycles. The molecule has 0 amide bonds. The fourth-order valence-electron chi connectivity index (χ4n) is 2.17. The van der Waals surface area contributed by atoms with Crippen LogP contribution in [-0.2, 0) is 6.42 Å². The van der Waals surface area contributed by atoms with Gasteiger partial charge in [-0.1, -0.05) is 6.07 Å². The van der Waals surface area contributed by atoms with Crippen molar-refractivity contribution >= 4 is 35.6 Å². The highest BCUT2D eigenvalue weighted by atomic mass is 127. The summed E-state index contributed by atoms with van der Waals surface area (Å²) in [7, 11) is 0. The Bertz CT molecular complexity index is 665. The van der Waals surface area contributed by atoms with E-state index in [1.807, 2.05) is 50.4 Å². The van der Waals surface area contributed by atoms with Crippen molar-refractivity contribution in [1.82, 2.24) is 4.98 Å². The number of aliphatic imine (C=N–C) groups is 1. The molecule has 3 N–H and O–H groups in total. The molecule has 7 heteroatoms. The second-order valence-electron chi connectivity index (χ2n) is 5.03. The summed E-state index contributed by atoms with van der Waals surface area (Å²) in [6.07, 6.45) is 4.37. The Kier molecular flexibility index (Phi) is 9.68. The summed E-state index contributed by atoms with van der Waals surface area (Å²) >= 11 is 0. The fourth-order valence-corrected chi connectivity index (χ4v) is 2.17. The summed E-state index contributed by atoms with van der Waals surface area (Å²) in [5, 5.41) is 3.09. The van der Waals surface area contributed by atoms with Crippen molar-refractivity contribution in [3.63, 3.8) is 0 Å². The number of nitrogens with two attached hydrogens (primary N) is 1. The molecular weight excluding hydrogens is 431 g/mol. The lowest BCUT2D eigenvalue weighted by Gasteiger charge is -2.14. The number of aromatic nitrogens is 1. The van der Waals surface area contributed by atoms with E-state index in [9.17, 15) is 0 Å². The molecule has 0 bridgehead atoms. The molecule has 0 aliphatic heterocycles. The van der Waals surface area contributed by atoms with Gasteiger partial charge in [-0.15, -0.1) is 24.0 Å². The van der Waals surface area contributed by atoms with Crippen LogP contribution in [0.1, 0.15) is 19.4 Å². The third-order valence-electron chi connectivity index (χ3n) is 3.23. The summed E-state index contributed by atoms with van der Waals surface area (Å²) in [4.78, 5) is 8.43. The van der Waals surface area contributed by atoms with Crippen LogP contribution in [0.25, 0.3) is 0 Å². The van der Waals surface area contributed by atoms with E-state index in [4.69, 9.17) is 15.2 Å². The average Bonchev–Trinajstić information content (AvgIpc) is 2.58. The van der Waals surface area contributed by atoms with Gasteiger partial charge in [-0.25, -0.2) is 0 Å². The number of nitrogens with one attached hydrogen (secondary N) is 1. The largest absolute Gasteiger partial charge is 0.494 e. The first-order valence-corrected chi connectivity index (χ1v) is 8.08. The van der Waals surface area contributed by atoms with Crippen LogP contribution in [0.15, 0.2) is 47.7 Å². The SMILES string of the molecule is CCOc1ccc(OCC)c(NC(N)=NCCc2cccnc2)c1.I. The summed E-state index contributed by atoms with van der Waals surface area (Å²) < 4.78 is 11.1.